The number of methoxy groups -OCH3 is 1. The summed E-state index contributed by atoms with van der Waals surface area (Å²) in [7, 11) is 1.66. The summed E-state index contributed by atoms with van der Waals surface area (Å²) in [5, 5.41) is 3.30. The Kier molecular flexibility index (Phi) is 5.79. The smallest absolute Gasteiger partial charge is 0.253 e. The number of carbonyl (C=O) groups excluding carboxylic acids is 1. The predicted molar refractivity (Wildman–Crippen MR) is 87.5 cm³/mol. The average molecular weight is 369 g/mol. The number of rotatable bonds is 5. The molecule has 0 aliphatic rings. The van der Waals surface area contributed by atoms with Gasteiger partial charge in [-0.2, -0.15) is 0 Å². The quantitative estimate of drug-likeness (QED) is 0.860. The Morgan fingerprint density at radius 2 is 2.00 bits per heavy atom. The van der Waals surface area contributed by atoms with Gasteiger partial charge in [0.25, 0.3) is 5.91 Å². The molecule has 110 valence electrons. The summed E-state index contributed by atoms with van der Waals surface area (Å²) in [6.45, 7) is 0.998. The van der Waals surface area contributed by atoms with E-state index >= 15 is 0 Å². The van der Waals surface area contributed by atoms with Crippen molar-refractivity contribution in [1.82, 2.24) is 5.32 Å². The van der Waals surface area contributed by atoms with Crippen molar-refractivity contribution >= 4 is 33.4 Å². The van der Waals surface area contributed by atoms with Crippen LogP contribution in [0.25, 0.3) is 0 Å². The van der Waals surface area contributed by atoms with Gasteiger partial charge in [-0.15, -0.1) is 0 Å². The van der Waals surface area contributed by atoms with Crippen LogP contribution in [0.15, 0.2) is 46.9 Å². The molecule has 0 heterocycles. The van der Waals surface area contributed by atoms with Gasteiger partial charge < -0.3 is 10.1 Å². The van der Waals surface area contributed by atoms with Crippen LogP contribution in [0, 0.1) is 0 Å². The maximum atomic E-state index is 12.2. The first kappa shape index (κ1) is 16.0. The molecule has 0 radical (unpaired) electrons. The first-order valence-corrected chi connectivity index (χ1v) is 7.57. The molecule has 0 aliphatic heterocycles. The van der Waals surface area contributed by atoms with Gasteiger partial charge in [0.05, 0.1) is 17.2 Å². The highest BCUT2D eigenvalue weighted by atomic mass is 79.9. The molecular weight excluding hydrogens is 354 g/mol. The molecule has 0 saturated carbocycles. The van der Waals surface area contributed by atoms with Gasteiger partial charge >= 0.3 is 0 Å². The van der Waals surface area contributed by atoms with Gasteiger partial charge in [0.1, 0.15) is 0 Å². The minimum atomic E-state index is -0.196. The largest absolute Gasteiger partial charge is 0.380 e. The van der Waals surface area contributed by atoms with Crippen molar-refractivity contribution in [2.24, 2.45) is 0 Å². The Balaban J connectivity index is 2.04. The molecule has 5 heteroatoms. The molecule has 0 saturated heterocycles. The van der Waals surface area contributed by atoms with Crippen LogP contribution in [-0.4, -0.2) is 13.0 Å². The van der Waals surface area contributed by atoms with Crippen LogP contribution in [0.1, 0.15) is 21.5 Å². The molecule has 1 N–H and O–H groups in total. The lowest BCUT2D eigenvalue weighted by Gasteiger charge is -2.08. The monoisotopic (exact) mass is 367 g/mol. The first-order chi connectivity index (χ1) is 10.1. The standard InChI is InChI=1S/C16H15BrClNO2/c1-21-10-12-4-2-3-11(7-12)9-19-16(20)14-8-13(17)5-6-15(14)18/h2-8H,9-10H2,1H3,(H,19,20). The fraction of sp³-hybridized carbons (Fsp3) is 0.188. The lowest BCUT2D eigenvalue weighted by molar-refractivity contribution is 0.0951. The highest BCUT2D eigenvalue weighted by molar-refractivity contribution is 9.10. The van der Waals surface area contributed by atoms with Crippen LogP contribution in [0.5, 0.6) is 0 Å². The second kappa shape index (κ2) is 7.59. The molecule has 2 aromatic rings. The zero-order valence-electron chi connectivity index (χ0n) is 11.5. The first-order valence-electron chi connectivity index (χ1n) is 6.40. The molecule has 1 amide bonds. The van der Waals surface area contributed by atoms with Crippen LogP contribution in [-0.2, 0) is 17.9 Å². The number of ether oxygens (including phenoxy) is 1. The predicted octanol–water partition coefficient (Wildman–Crippen LogP) is 4.18. The van der Waals surface area contributed by atoms with Gasteiger partial charge in [-0.25, -0.2) is 0 Å². The van der Waals surface area contributed by atoms with Crippen molar-refractivity contribution in [3.63, 3.8) is 0 Å². The second-order valence-corrected chi connectivity index (χ2v) is 5.88. The van der Waals surface area contributed by atoms with Crippen LogP contribution in [0.3, 0.4) is 0 Å². The van der Waals surface area contributed by atoms with Crippen LogP contribution in [0.2, 0.25) is 5.02 Å². The third-order valence-corrected chi connectivity index (χ3v) is 3.75. The lowest BCUT2D eigenvalue weighted by atomic mass is 10.1. The highest BCUT2D eigenvalue weighted by Crippen LogP contribution is 2.21. The van der Waals surface area contributed by atoms with E-state index in [2.05, 4.69) is 21.2 Å². The van der Waals surface area contributed by atoms with E-state index in [1.165, 1.54) is 0 Å². The Hall–Kier alpha value is -1.36. The fourth-order valence-corrected chi connectivity index (χ4v) is 2.51. The topological polar surface area (TPSA) is 38.3 Å². The zero-order valence-corrected chi connectivity index (χ0v) is 13.9. The summed E-state index contributed by atoms with van der Waals surface area (Å²) in [5.41, 5.74) is 2.55. The third kappa shape index (κ3) is 4.56. The van der Waals surface area contributed by atoms with Gasteiger partial charge in [-0.1, -0.05) is 51.8 Å². The van der Waals surface area contributed by atoms with E-state index in [0.717, 1.165) is 15.6 Å². The molecule has 2 aromatic carbocycles. The van der Waals surface area contributed by atoms with E-state index in [0.29, 0.717) is 23.7 Å². The summed E-state index contributed by atoms with van der Waals surface area (Å²) in [6, 6.07) is 13.1. The van der Waals surface area contributed by atoms with Crippen LogP contribution < -0.4 is 5.32 Å². The van der Waals surface area contributed by atoms with Crippen LogP contribution in [0.4, 0.5) is 0 Å². The Morgan fingerprint density at radius 3 is 2.76 bits per heavy atom. The van der Waals surface area contributed by atoms with Gasteiger partial charge in [0.15, 0.2) is 0 Å². The number of benzene rings is 2. The lowest BCUT2D eigenvalue weighted by Crippen LogP contribution is -2.23. The number of carbonyl (C=O) groups is 1. The molecule has 0 bridgehead atoms. The van der Waals surface area contributed by atoms with E-state index in [9.17, 15) is 4.79 Å². The average Bonchev–Trinajstić information content (AvgIpc) is 2.48. The maximum Gasteiger partial charge on any atom is 0.253 e. The third-order valence-electron chi connectivity index (χ3n) is 2.93. The van der Waals surface area contributed by atoms with Crippen LogP contribution >= 0.6 is 27.5 Å². The summed E-state index contributed by atoms with van der Waals surface area (Å²) in [4.78, 5) is 12.2. The Labute approximate surface area is 137 Å². The molecule has 0 aliphatic carbocycles. The summed E-state index contributed by atoms with van der Waals surface area (Å²) in [6.07, 6.45) is 0. The molecule has 0 atom stereocenters. The molecule has 0 unspecified atom stereocenters. The van der Waals surface area contributed by atoms with Crippen molar-refractivity contribution in [2.45, 2.75) is 13.2 Å². The summed E-state index contributed by atoms with van der Waals surface area (Å²) >= 11 is 9.38. The minimum absolute atomic E-state index is 0.196. The summed E-state index contributed by atoms with van der Waals surface area (Å²) in [5.74, 6) is -0.196. The molecule has 3 nitrogen and oxygen atoms in total. The van der Waals surface area contributed by atoms with Gasteiger partial charge in [-0.3, -0.25) is 4.79 Å². The molecule has 0 aromatic heterocycles. The zero-order chi connectivity index (χ0) is 15.2. The summed E-state index contributed by atoms with van der Waals surface area (Å²) < 4.78 is 5.92. The number of hydrogen-bond donors (Lipinski definition) is 1. The van der Waals surface area contributed by atoms with Crippen molar-refractivity contribution in [2.75, 3.05) is 7.11 Å². The van der Waals surface area contributed by atoms with E-state index in [1.807, 2.05) is 24.3 Å². The van der Waals surface area contributed by atoms with Crippen molar-refractivity contribution < 1.29 is 9.53 Å². The molecular formula is C16H15BrClNO2. The minimum Gasteiger partial charge on any atom is -0.380 e. The van der Waals surface area contributed by atoms with Gasteiger partial charge in [0.2, 0.25) is 0 Å². The van der Waals surface area contributed by atoms with E-state index in [4.69, 9.17) is 16.3 Å². The Bertz CT molecular complexity index is 646. The second-order valence-electron chi connectivity index (χ2n) is 4.56. The Morgan fingerprint density at radius 1 is 1.24 bits per heavy atom. The van der Waals surface area contributed by atoms with Crippen molar-refractivity contribution in [3.8, 4) is 0 Å². The molecule has 21 heavy (non-hydrogen) atoms. The van der Waals surface area contributed by atoms with E-state index in [-0.39, 0.29) is 5.91 Å². The molecule has 2 rings (SSSR count). The normalized spacial score (nSPS) is 10.4. The SMILES string of the molecule is COCc1cccc(CNC(=O)c2cc(Br)ccc2Cl)c1. The number of halogens is 2. The van der Waals surface area contributed by atoms with Gasteiger partial charge in [0, 0.05) is 18.1 Å². The molecule has 0 spiro atoms. The van der Waals surface area contributed by atoms with E-state index < -0.39 is 0 Å². The number of hydrogen-bond acceptors (Lipinski definition) is 2. The van der Waals surface area contributed by atoms with Crippen molar-refractivity contribution in [3.05, 3.63) is 68.7 Å². The fourth-order valence-electron chi connectivity index (χ4n) is 1.95. The van der Waals surface area contributed by atoms with Gasteiger partial charge in [-0.05, 0) is 29.3 Å². The highest BCUT2D eigenvalue weighted by Gasteiger charge is 2.10. The number of amides is 1. The van der Waals surface area contributed by atoms with E-state index in [1.54, 1.807) is 25.3 Å². The number of nitrogens with one attached hydrogen (secondary N) is 1. The molecule has 0 fully saturated rings. The van der Waals surface area contributed by atoms with Crippen molar-refractivity contribution in [1.29, 1.82) is 0 Å². The maximum absolute atomic E-state index is 12.2.